The Morgan fingerprint density at radius 2 is 2.24 bits per heavy atom. The highest BCUT2D eigenvalue weighted by Crippen LogP contribution is 2.35. The third-order valence-electron chi connectivity index (χ3n) is 3.77. The lowest BCUT2D eigenvalue weighted by atomic mass is 10.0. The molecule has 0 saturated heterocycles. The molecule has 112 valence electrons. The maximum Gasteiger partial charge on any atom is 0.0455 e. The lowest BCUT2D eigenvalue weighted by Gasteiger charge is -2.16. The van der Waals surface area contributed by atoms with Crippen LogP contribution in [0.4, 0.5) is 0 Å². The summed E-state index contributed by atoms with van der Waals surface area (Å²) < 4.78 is 0. The molecule has 1 aliphatic heterocycles. The van der Waals surface area contributed by atoms with E-state index in [9.17, 15) is 0 Å². The first kappa shape index (κ1) is 15.4. The number of benzene rings is 1. The van der Waals surface area contributed by atoms with Crippen molar-refractivity contribution in [2.24, 2.45) is 0 Å². The third kappa shape index (κ3) is 3.84. The number of aryl methyl sites for hydroxylation is 1. The molecule has 1 N–H and O–H groups in total. The fourth-order valence-corrected chi connectivity index (χ4v) is 5.43. The summed E-state index contributed by atoms with van der Waals surface area (Å²) in [4.78, 5) is 3.07. The SMILES string of the molecule is CCNC(Cc1cccc(Cl)c1)c1cc2c(s1)CCSC2. The van der Waals surface area contributed by atoms with Gasteiger partial charge in [0.15, 0.2) is 0 Å². The molecule has 21 heavy (non-hydrogen) atoms. The molecule has 0 spiro atoms. The van der Waals surface area contributed by atoms with E-state index in [0.717, 1.165) is 18.0 Å². The molecule has 0 amide bonds. The average Bonchev–Trinajstić information content (AvgIpc) is 2.91. The van der Waals surface area contributed by atoms with Gasteiger partial charge in [0, 0.05) is 26.6 Å². The highest BCUT2D eigenvalue weighted by Gasteiger charge is 2.19. The summed E-state index contributed by atoms with van der Waals surface area (Å²) in [6, 6.07) is 11.0. The third-order valence-corrected chi connectivity index (χ3v) is 6.36. The molecule has 0 saturated carbocycles. The van der Waals surface area contributed by atoms with Crippen LogP contribution < -0.4 is 5.32 Å². The van der Waals surface area contributed by atoms with Crippen LogP contribution in [0.3, 0.4) is 0 Å². The monoisotopic (exact) mass is 337 g/mol. The smallest absolute Gasteiger partial charge is 0.0455 e. The Kier molecular flexibility index (Phi) is 5.28. The Morgan fingerprint density at radius 1 is 1.33 bits per heavy atom. The van der Waals surface area contributed by atoms with Crippen molar-refractivity contribution in [3.05, 3.63) is 56.2 Å². The summed E-state index contributed by atoms with van der Waals surface area (Å²) in [5, 5.41) is 4.46. The van der Waals surface area contributed by atoms with Crippen LogP contribution in [-0.4, -0.2) is 12.3 Å². The van der Waals surface area contributed by atoms with E-state index >= 15 is 0 Å². The summed E-state index contributed by atoms with van der Waals surface area (Å²) in [6.45, 7) is 3.16. The molecule has 4 heteroatoms. The summed E-state index contributed by atoms with van der Waals surface area (Å²) in [7, 11) is 0. The van der Waals surface area contributed by atoms with E-state index in [2.05, 4.69) is 42.2 Å². The van der Waals surface area contributed by atoms with Gasteiger partial charge in [0.2, 0.25) is 0 Å². The summed E-state index contributed by atoms with van der Waals surface area (Å²) in [5.41, 5.74) is 2.86. The van der Waals surface area contributed by atoms with Crippen LogP contribution in [0.15, 0.2) is 30.3 Å². The maximum atomic E-state index is 6.11. The molecule has 1 nitrogen and oxygen atoms in total. The number of halogens is 1. The van der Waals surface area contributed by atoms with Crippen LogP contribution in [0, 0.1) is 0 Å². The van der Waals surface area contributed by atoms with Gasteiger partial charge in [0.1, 0.15) is 0 Å². The molecule has 1 atom stereocenters. The number of hydrogen-bond donors (Lipinski definition) is 1. The van der Waals surface area contributed by atoms with E-state index in [1.165, 1.54) is 28.4 Å². The minimum Gasteiger partial charge on any atom is -0.309 e. The zero-order valence-corrected chi connectivity index (χ0v) is 14.6. The number of hydrogen-bond acceptors (Lipinski definition) is 3. The Hall–Kier alpha value is -0.480. The number of rotatable bonds is 5. The topological polar surface area (TPSA) is 12.0 Å². The molecule has 2 heterocycles. The summed E-state index contributed by atoms with van der Waals surface area (Å²) >= 11 is 10.2. The molecule has 0 fully saturated rings. The number of fused-ring (bicyclic) bond motifs is 1. The molecular formula is C17H20ClNS2. The van der Waals surface area contributed by atoms with Gasteiger partial charge in [-0.15, -0.1) is 11.3 Å². The van der Waals surface area contributed by atoms with E-state index < -0.39 is 0 Å². The van der Waals surface area contributed by atoms with Gasteiger partial charge < -0.3 is 5.32 Å². The molecule has 3 rings (SSSR count). The number of thiophene rings is 1. The molecule has 0 bridgehead atoms. The molecule has 0 radical (unpaired) electrons. The van der Waals surface area contributed by atoms with Crippen LogP contribution in [0.25, 0.3) is 0 Å². The molecule has 1 unspecified atom stereocenters. The van der Waals surface area contributed by atoms with Crippen molar-refractivity contribution in [1.82, 2.24) is 5.32 Å². The Bertz CT molecular complexity index is 585. The predicted octanol–water partition coefficient (Wildman–Crippen LogP) is 5.08. The fraction of sp³-hybridized carbons (Fsp3) is 0.412. The highest BCUT2D eigenvalue weighted by atomic mass is 35.5. The van der Waals surface area contributed by atoms with Crippen LogP contribution in [-0.2, 0) is 18.6 Å². The zero-order valence-electron chi connectivity index (χ0n) is 12.2. The van der Waals surface area contributed by atoms with Crippen LogP contribution in [0.1, 0.15) is 33.8 Å². The first-order chi connectivity index (χ1) is 10.3. The van der Waals surface area contributed by atoms with Gasteiger partial charge in [-0.1, -0.05) is 30.7 Å². The zero-order chi connectivity index (χ0) is 14.7. The van der Waals surface area contributed by atoms with E-state index in [1.54, 1.807) is 10.4 Å². The van der Waals surface area contributed by atoms with Crippen LogP contribution in [0.2, 0.25) is 5.02 Å². The fourth-order valence-electron chi connectivity index (χ4n) is 2.76. The first-order valence-corrected chi connectivity index (χ1v) is 9.78. The minimum absolute atomic E-state index is 0.397. The second-order valence-corrected chi connectivity index (χ2v) is 8.05. The van der Waals surface area contributed by atoms with Crippen molar-refractivity contribution in [3.8, 4) is 0 Å². The van der Waals surface area contributed by atoms with Crippen molar-refractivity contribution in [1.29, 1.82) is 0 Å². The molecule has 1 aliphatic rings. The van der Waals surface area contributed by atoms with Gasteiger partial charge in [0.05, 0.1) is 0 Å². The Morgan fingerprint density at radius 3 is 3.00 bits per heavy atom. The van der Waals surface area contributed by atoms with Gasteiger partial charge in [-0.05, 0) is 54.5 Å². The quantitative estimate of drug-likeness (QED) is 0.816. The maximum absolute atomic E-state index is 6.11. The van der Waals surface area contributed by atoms with Crippen LogP contribution >= 0.6 is 34.7 Å². The van der Waals surface area contributed by atoms with E-state index in [0.29, 0.717) is 6.04 Å². The van der Waals surface area contributed by atoms with Crippen molar-refractivity contribution in [2.75, 3.05) is 12.3 Å². The molecule has 1 aromatic heterocycles. The van der Waals surface area contributed by atoms with Gasteiger partial charge in [-0.2, -0.15) is 11.8 Å². The Balaban J connectivity index is 1.82. The Labute approximate surface area is 140 Å². The van der Waals surface area contributed by atoms with Gasteiger partial charge in [0.25, 0.3) is 0 Å². The second-order valence-electron chi connectivity index (χ2n) is 5.34. The molecule has 1 aromatic carbocycles. The van der Waals surface area contributed by atoms with Crippen molar-refractivity contribution in [2.45, 2.75) is 31.6 Å². The lowest BCUT2D eigenvalue weighted by molar-refractivity contribution is 0.558. The normalized spacial score (nSPS) is 15.7. The largest absolute Gasteiger partial charge is 0.309 e. The molecular weight excluding hydrogens is 318 g/mol. The van der Waals surface area contributed by atoms with Crippen molar-refractivity contribution >= 4 is 34.7 Å². The van der Waals surface area contributed by atoms with Crippen molar-refractivity contribution < 1.29 is 0 Å². The average molecular weight is 338 g/mol. The number of thioether (sulfide) groups is 1. The molecule has 0 aliphatic carbocycles. The summed E-state index contributed by atoms with van der Waals surface area (Å²) in [5.74, 6) is 2.45. The van der Waals surface area contributed by atoms with E-state index in [-0.39, 0.29) is 0 Å². The standard InChI is InChI=1S/C17H20ClNS2/c1-2-19-15(9-12-4-3-5-14(18)8-12)17-10-13-11-20-7-6-16(13)21-17/h3-5,8,10,15,19H,2,6-7,9,11H2,1H3. The predicted molar refractivity (Wildman–Crippen MR) is 95.8 cm³/mol. The van der Waals surface area contributed by atoms with Gasteiger partial charge in [-0.25, -0.2) is 0 Å². The minimum atomic E-state index is 0.397. The second kappa shape index (κ2) is 7.19. The number of likely N-dealkylation sites (N-methyl/N-ethyl adjacent to an activating group) is 1. The lowest BCUT2D eigenvalue weighted by Crippen LogP contribution is -2.22. The van der Waals surface area contributed by atoms with Gasteiger partial charge >= 0.3 is 0 Å². The number of nitrogens with one attached hydrogen (secondary N) is 1. The van der Waals surface area contributed by atoms with E-state index in [4.69, 9.17) is 11.6 Å². The van der Waals surface area contributed by atoms with Crippen LogP contribution in [0.5, 0.6) is 0 Å². The molecule has 2 aromatic rings. The first-order valence-electron chi connectivity index (χ1n) is 7.43. The van der Waals surface area contributed by atoms with Crippen molar-refractivity contribution in [3.63, 3.8) is 0 Å². The highest BCUT2D eigenvalue weighted by molar-refractivity contribution is 7.98. The summed E-state index contributed by atoms with van der Waals surface area (Å²) in [6.07, 6.45) is 2.24. The van der Waals surface area contributed by atoms with Gasteiger partial charge in [-0.3, -0.25) is 0 Å². The van der Waals surface area contributed by atoms with E-state index in [1.807, 2.05) is 23.5 Å².